The number of hydrogen-bond donors (Lipinski definition) is 1. The average Bonchev–Trinajstić information content (AvgIpc) is 2.97. The molecule has 0 radical (unpaired) electrons. The predicted molar refractivity (Wildman–Crippen MR) is 74.2 cm³/mol. The Morgan fingerprint density at radius 3 is 2.65 bits per heavy atom. The quantitative estimate of drug-likeness (QED) is 0.780. The molecule has 2 fully saturated rings. The lowest BCUT2D eigenvalue weighted by Crippen LogP contribution is -2.46. The fraction of sp³-hybridized carbons (Fsp3) is 0.923. The fourth-order valence-corrected chi connectivity index (χ4v) is 3.10. The second kappa shape index (κ2) is 6.55. The van der Waals surface area contributed by atoms with E-state index in [1.54, 1.807) is 0 Å². The molecular formula is C13H24N2OS. The molecule has 1 heterocycles. The van der Waals surface area contributed by atoms with Crippen LogP contribution < -0.4 is 5.32 Å². The third-order valence-electron chi connectivity index (χ3n) is 3.80. The maximum Gasteiger partial charge on any atom is 0.169 e. The lowest BCUT2D eigenvalue weighted by atomic mass is 10.2. The normalized spacial score (nSPS) is 25.1. The Hall–Kier alpha value is -0.350. The number of rotatable bonds is 4. The van der Waals surface area contributed by atoms with Crippen LogP contribution in [0, 0.1) is 0 Å². The highest BCUT2D eigenvalue weighted by Gasteiger charge is 2.22. The SMILES string of the molecule is CCN(CC1CCCO1)C(=S)NC1CCCC1. The molecule has 17 heavy (non-hydrogen) atoms. The first-order chi connectivity index (χ1) is 8.29. The van der Waals surface area contributed by atoms with Crippen molar-refractivity contribution < 1.29 is 4.74 Å². The van der Waals surface area contributed by atoms with Gasteiger partial charge in [0, 0.05) is 25.7 Å². The van der Waals surface area contributed by atoms with Gasteiger partial charge in [-0.15, -0.1) is 0 Å². The molecule has 0 bridgehead atoms. The van der Waals surface area contributed by atoms with E-state index < -0.39 is 0 Å². The van der Waals surface area contributed by atoms with E-state index in [1.165, 1.54) is 38.5 Å². The van der Waals surface area contributed by atoms with E-state index in [2.05, 4.69) is 17.1 Å². The van der Waals surface area contributed by atoms with E-state index in [9.17, 15) is 0 Å². The van der Waals surface area contributed by atoms with E-state index in [4.69, 9.17) is 17.0 Å². The minimum atomic E-state index is 0.387. The number of nitrogens with one attached hydrogen (secondary N) is 1. The Labute approximate surface area is 110 Å². The average molecular weight is 256 g/mol. The van der Waals surface area contributed by atoms with Gasteiger partial charge in [-0.1, -0.05) is 12.8 Å². The van der Waals surface area contributed by atoms with Crippen LogP contribution in [-0.4, -0.2) is 41.9 Å². The summed E-state index contributed by atoms with van der Waals surface area (Å²) in [5.74, 6) is 0. The van der Waals surface area contributed by atoms with Gasteiger partial charge in [-0.25, -0.2) is 0 Å². The summed E-state index contributed by atoms with van der Waals surface area (Å²) in [5, 5.41) is 4.43. The van der Waals surface area contributed by atoms with Crippen LogP contribution in [0.3, 0.4) is 0 Å². The van der Waals surface area contributed by atoms with Crippen molar-refractivity contribution in [2.24, 2.45) is 0 Å². The molecule has 1 N–H and O–H groups in total. The van der Waals surface area contributed by atoms with Crippen LogP contribution in [-0.2, 0) is 4.74 Å². The zero-order valence-corrected chi connectivity index (χ0v) is 11.6. The molecule has 1 aliphatic carbocycles. The van der Waals surface area contributed by atoms with Gasteiger partial charge >= 0.3 is 0 Å². The van der Waals surface area contributed by atoms with E-state index in [0.717, 1.165) is 24.8 Å². The summed E-state index contributed by atoms with van der Waals surface area (Å²) in [4.78, 5) is 2.25. The highest BCUT2D eigenvalue weighted by Crippen LogP contribution is 2.18. The van der Waals surface area contributed by atoms with Crippen molar-refractivity contribution >= 4 is 17.3 Å². The summed E-state index contributed by atoms with van der Waals surface area (Å²) in [5.41, 5.74) is 0. The Bertz CT molecular complexity index is 248. The van der Waals surface area contributed by atoms with Crippen molar-refractivity contribution in [1.29, 1.82) is 0 Å². The molecule has 1 aliphatic heterocycles. The molecule has 0 aromatic carbocycles. The van der Waals surface area contributed by atoms with Crippen molar-refractivity contribution in [1.82, 2.24) is 10.2 Å². The maximum absolute atomic E-state index is 5.68. The van der Waals surface area contributed by atoms with Gasteiger partial charge in [0.2, 0.25) is 0 Å². The molecule has 0 aromatic rings. The van der Waals surface area contributed by atoms with E-state index in [1.807, 2.05) is 0 Å². The van der Waals surface area contributed by atoms with Gasteiger partial charge in [0.15, 0.2) is 5.11 Å². The van der Waals surface area contributed by atoms with Crippen molar-refractivity contribution in [3.8, 4) is 0 Å². The first kappa shape index (κ1) is 13.1. The zero-order chi connectivity index (χ0) is 12.1. The van der Waals surface area contributed by atoms with Crippen molar-refractivity contribution in [3.05, 3.63) is 0 Å². The molecule has 98 valence electrons. The molecule has 1 saturated carbocycles. The first-order valence-electron chi connectivity index (χ1n) is 6.96. The Morgan fingerprint density at radius 1 is 1.29 bits per heavy atom. The topological polar surface area (TPSA) is 24.5 Å². The third kappa shape index (κ3) is 3.81. The smallest absolute Gasteiger partial charge is 0.169 e. The van der Waals surface area contributed by atoms with Crippen LogP contribution in [0.4, 0.5) is 0 Å². The van der Waals surface area contributed by atoms with Gasteiger partial charge in [-0.3, -0.25) is 0 Å². The second-order valence-electron chi connectivity index (χ2n) is 5.10. The van der Waals surface area contributed by atoms with Crippen LogP contribution in [0.2, 0.25) is 0 Å². The predicted octanol–water partition coefficient (Wildman–Crippen LogP) is 2.30. The largest absolute Gasteiger partial charge is 0.376 e. The van der Waals surface area contributed by atoms with E-state index >= 15 is 0 Å². The summed E-state index contributed by atoms with van der Waals surface area (Å²) in [6, 6.07) is 0.612. The second-order valence-corrected chi connectivity index (χ2v) is 5.49. The number of ether oxygens (including phenoxy) is 1. The summed E-state index contributed by atoms with van der Waals surface area (Å²) < 4.78 is 5.68. The van der Waals surface area contributed by atoms with Crippen LogP contribution in [0.5, 0.6) is 0 Å². The van der Waals surface area contributed by atoms with Crippen molar-refractivity contribution in [2.75, 3.05) is 19.7 Å². The van der Waals surface area contributed by atoms with Crippen LogP contribution in [0.25, 0.3) is 0 Å². The lowest BCUT2D eigenvalue weighted by molar-refractivity contribution is 0.0919. The minimum absolute atomic E-state index is 0.387. The molecule has 1 saturated heterocycles. The monoisotopic (exact) mass is 256 g/mol. The van der Waals surface area contributed by atoms with Crippen LogP contribution >= 0.6 is 12.2 Å². The summed E-state index contributed by atoms with van der Waals surface area (Å²) in [6.07, 6.45) is 8.01. The van der Waals surface area contributed by atoms with Crippen molar-refractivity contribution in [3.63, 3.8) is 0 Å². The van der Waals surface area contributed by atoms with Gasteiger partial charge < -0.3 is 15.0 Å². The summed E-state index contributed by atoms with van der Waals surface area (Å²) in [6.45, 7) is 5.01. The van der Waals surface area contributed by atoms with Gasteiger partial charge in [-0.2, -0.15) is 0 Å². The van der Waals surface area contributed by atoms with E-state index in [0.29, 0.717) is 12.1 Å². The number of likely N-dealkylation sites (N-methyl/N-ethyl adjacent to an activating group) is 1. The minimum Gasteiger partial charge on any atom is -0.376 e. The zero-order valence-electron chi connectivity index (χ0n) is 10.8. The molecule has 0 amide bonds. The Morgan fingerprint density at radius 2 is 2.06 bits per heavy atom. The van der Waals surface area contributed by atoms with Gasteiger partial charge in [0.1, 0.15) is 0 Å². The molecule has 1 atom stereocenters. The van der Waals surface area contributed by atoms with E-state index in [-0.39, 0.29) is 0 Å². The molecule has 0 aromatic heterocycles. The third-order valence-corrected chi connectivity index (χ3v) is 4.18. The molecule has 0 spiro atoms. The highest BCUT2D eigenvalue weighted by molar-refractivity contribution is 7.80. The Balaban J connectivity index is 1.77. The summed E-state index contributed by atoms with van der Waals surface area (Å²) in [7, 11) is 0. The van der Waals surface area contributed by atoms with Crippen LogP contribution in [0.15, 0.2) is 0 Å². The van der Waals surface area contributed by atoms with Gasteiger partial charge in [0.05, 0.1) is 6.10 Å². The van der Waals surface area contributed by atoms with Crippen molar-refractivity contribution in [2.45, 2.75) is 57.6 Å². The highest BCUT2D eigenvalue weighted by atomic mass is 32.1. The number of nitrogens with zero attached hydrogens (tertiary/aromatic N) is 1. The molecule has 3 nitrogen and oxygen atoms in total. The molecule has 2 rings (SSSR count). The van der Waals surface area contributed by atoms with Gasteiger partial charge in [0.25, 0.3) is 0 Å². The Kier molecular flexibility index (Phi) is 5.04. The first-order valence-corrected chi connectivity index (χ1v) is 7.37. The number of hydrogen-bond acceptors (Lipinski definition) is 2. The van der Waals surface area contributed by atoms with Gasteiger partial charge in [-0.05, 0) is 44.8 Å². The fourth-order valence-electron chi connectivity index (χ4n) is 2.73. The number of thiocarbonyl (C=S) groups is 1. The lowest BCUT2D eigenvalue weighted by Gasteiger charge is -2.28. The standard InChI is InChI=1S/C13H24N2OS/c1-2-15(10-12-8-5-9-16-12)13(17)14-11-6-3-4-7-11/h11-12H,2-10H2,1H3,(H,14,17). The maximum atomic E-state index is 5.68. The molecule has 4 heteroatoms. The molecule has 1 unspecified atom stereocenters. The summed E-state index contributed by atoms with van der Waals surface area (Å²) >= 11 is 5.51. The molecular weight excluding hydrogens is 232 g/mol. The molecule has 2 aliphatic rings. The van der Waals surface area contributed by atoms with Crippen LogP contribution in [0.1, 0.15) is 45.4 Å².